The zero-order valence-electron chi connectivity index (χ0n) is 10.3. The fraction of sp³-hybridized carbons (Fsp3) is 0.500. The van der Waals surface area contributed by atoms with Crippen molar-refractivity contribution in [1.82, 2.24) is 0 Å². The number of anilines is 1. The van der Waals surface area contributed by atoms with Crippen LogP contribution in [0.4, 0.5) is 5.69 Å². The summed E-state index contributed by atoms with van der Waals surface area (Å²) in [6.07, 6.45) is 5.11. The van der Waals surface area contributed by atoms with Crippen molar-refractivity contribution in [2.75, 3.05) is 5.32 Å². The molecule has 1 aromatic carbocycles. The molecule has 2 rings (SSSR count). The molecule has 2 unspecified atom stereocenters. The molecule has 0 heterocycles. The smallest absolute Gasteiger partial charge is 0.248 e. The van der Waals surface area contributed by atoms with Crippen LogP contribution >= 0.6 is 0 Å². The maximum absolute atomic E-state index is 10.9. The minimum atomic E-state index is -0.372. The van der Waals surface area contributed by atoms with Gasteiger partial charge < -0.3 is 11.1 Å². The number of nitrogens with one attached hydrogen (secondary N) is 1. The summed E-state index contributed by atoms with van der Waals surface area (Å²) in [6, 6.07) is 7.99. The fourth-order valence-corrected chi connectivity index (χ4v) is 2.54. The standard InChI is InChI=1S/C14H20N2O/c1-2-10-3-6-13(9-10)16-12-7-4-11(5-8-12)14(15)17/h4-5,7-8,10,13,16H,2-3,6,9H2,1H3,(H2,15,17). The quantitative estimate of drug-likeness (QED) is 0.838. The predicted octanol–water partition coefficient (Wildman–Crippen LogP) is 2.78. The van der Waals surface area contributed by atoms with E-state index in [1.165, 1.54) is 25.7 Å². The molecule has 17 heavy (non-hydrogen) atoms. The Kier molecular flexibility index (Phi) is 3.67. The molecule has 1 saturated carbocycles. The van der Waals surface area contributed by atoms with Gasteiger partial charge in [-0.3, -0.25) is 4.79 Å². The number of rotatable bonds is 4. The molecule has 1 fully saturated rings. The molecule has 1 aliphatic carbocycles. The first-order chi connectivity index (χ1) is 8.19. The third-order valence-electron chi connectivity index (χ3n) is 3.66. The Hall–Kier alpha value is -1.51. The summed E-state index contributed by atoms with van der Waals surface area (Å²) in [4.78, 5) is 10.9. The highest BCUT2D eigenvalue weighted by molar-refractivity contribution is 5.93. The van der Waals surface area contributed by atoms with Gasteiger partial charge in [-0.2, -0.15) is 0 Å². The second kappa shape index (κ2) is 5.21. The molecule has 3 nitrogen and oxygen atoms in total. The van der Waals surface area contributed by atoms with Crippen LogP contribution in [0.15, 0.2) is 24.3 Å². The molecule has 0 bridgehead atoms. The van der Waals surface area contributed by atoms with E-state index < -0.39 is 0 Å². The lowest BCUT2D eigenvalue weighted by atomic mass is 10.1. The first-order valence-corrected chi connectivity index (χ1v) is 6.35. The van der Waals surface area contributed by atoms with Gasteiger partial charge in [0, 0.05) is 17.3 Å². The molecule has 0 aromatic heterocycles. The zero-order chi connectivity index (χ0) is 12.3. The summed E-state index contributed by atoms with van der Waals surface area (Å²) in [5.74, 6) is 0.501. The van der Waals surface area contributed by atoms with Gasteiger partial charge >= 0.3 is 0 Å². The molecule has 3 N–H and O–H groups in total. The Bertz CT molecular complexity index is 386. The highest BCUT2D eigenvalue weighted by Gasteiger charge is 2.22. The van der Waals surface area contributed by atoms with Crippen molar-refractivity contribution in [1.29, 1.82) is 0 Å². The van der Waals surface area contributed by atoms with Crippen LogP contribution in [0.2, 0.25) is 0 Å². The molecular formula is C14H20N2O. The predicted molar refractivity (Wildman–Crippen MR) is 70.0 cm³/mol. The minimum absolute atomic E-state index is 0.372. The summed E-state index contributed by atoms with van der Waals surface area (Å²) >= 11 is 0. The molecule has 1 aromatic rings. The summed E-state index contributed by atoms with van der Waals surface area (Å²) in [5, 5.41) is 3.52. The highest BCUT2D eigenvalue weighted by Crippen LogP contribution is 2.30. The Labute approximate surface area is 102 Å². The Balaban J connectivity index is 1.93. The van der Waals surface area contributed by atoms with Crippen molar-refractivity contribution in [2.24, 2.45) is 11.7 Å². The van der Waals surface area contributed by atoms with E-state index in [1.54, 1.807) is 12.1 Å². The van der Waals surface area contributed by atoms with Crippen LogP contribution in [0.1, 0.15) is 43.0 Å². The lowest BCUT2D eigenvalue weighted by Gasteiger charge is -2.14. The van der Waals surface area contributed by atoms with Crippen LogP contribution in [0, 0.1) is 5.92 Å². The van der Waals surface area contributed by atoms with Crippen molar-refractivity contribution in [2.45, 2.75) is 38.6 Å². The van der Waals surface area contributed by atoms with Crippen molar-refractivity contribution in [3.63, 3.8) is 0 Å². The normalized spacial score (nSPS) is 23.6. The van der Waals surface area contributed by atoms with Crippen LogP contribution in [0.3, 0.4) is 0 Å². The second-order valence-electron chi connectivity index (χ2n) is 4.87. The van der Waals surface area contributed by atoms with Gasteiger partial charge in [-0.05, 0) is 49.4 Å². The maximum atomic E-state index is 10.9. The lowest BCUT2D eigenvalue weighted by Crippen LogP contribution is -2.16. The maximum Gasteiger partial charge on any atom is 0.248 e. The Morgan fingerprint density at radius 2 is 2.06 bits per heavy atom. The van der Waals surface area contributed by atoms with Crippen LogP contribution in [0.5, 0.6) is 0 Å². The van der Waals surface area contributed by atoms with E-state index in [0.29, 0.717) is 11.6 Å². The Morgan fingerprint density at radius 3 is 2.59 bits per heavy atom. The van der Waals surface area contributed by atoms with Gasteiger partial charge in [-0.15, -0.1) is 0 Å². The van der Waals surface area contributed by atoms with E-state index >= 15 is 0 Å². The van der Waals surface area contributed by atoms with E-state index in [4.69, 9.17) is 5.73 Å². The number of nitrogens with two attached hydrogens (primary N) is 1. The molecule has 3 heteroatoms. The highest BCUT2D eigenvalue weighted by atomic mass is 16.1. The number of carbonyl (C=O) groups excluding carboxylic acids is 1. The molecule has 0 saturated heterocycles. The molecule has 0 radical (unpaired) electrons. The third-order valence-corrected chi connectivity index (χ3v) is 3.66. The summed E-state index contributed by atoms with van der Waals surface area (Å²) in [5.41, 5.74) is 6.85. The topological polar surface area (TPSA) is 55.1 Å². The van der Waals surface area contributed by atoms with Gasteiger partial charge in [0.2, 0.25) is 5.91 Å². The van der Waals surface area contributed by atoms with Crippen LogP contribution in [0.25, 0.3) is 0 Å². The monoisotopic (exact) mass is 232 g/mol. The number of carbonyl (C=O) groups is 1. The summed E-state index contributed by atoms with van der Waals surface area (Å²) < 4.78 is 0. The number of hydrogen-bond acceptors (Lipinski definition) is 2. The largest absolute Gasteiger partial charge is 0.382 e. The van der Waals surface area contributed by atoms with E-state index in [-0.39, 0.29) is 5.91 Å². The molecule has 0 spiro atoms. The summed E-state index contributed by atoms with van der Waals surface area (Å²) in [7, 11) is 0. The molecule has 1 aliphatic rings. The molecular weight excluding hydrogens is 212 g/mol. The fourth-order valence-electron chi connectivity index (χ4n) is 2.54. The van der Waals surface area contributed by atoms with Crippen molar-refractivity contribution >= 4 is 11.6 Å². The number of hydrogen-bond donors (Lipinski definition) is 2. The van der Waals surface area contributed by atoms with Crippen LogP contribution < -0.4 is 11.1 Å². The van der Waals surface area contributed by atoms with Crippen LogP contribution in [-0.2, 0) is 0 Å². The van der Waals surface area contributed by atoms with Crippen molar-refractivity contribution < 1.29 is 4.79 Å². The van der Waals surface area contributed by atoms with Gasteiger partial charge in [-0.1, -0.05) is 13.3 Å². The molecule has 2 atom stereocenters. The van der Waals surface area contributed by atoms with Crippen molar-refractivity contribution in [3.05, 3.63) is 29.8 Å². The number of amides is 1. The van der Waals surface area contributed by atoms with Crippen LogP contribution in [-0.4, -0.2) is 11.9 Å². The molecule has 0 aliphatic heterocycles. The van der Waals surface area contributed by atoms with Gasteiger partial charge in [-0.25, -0.2) is 0 Å². The van der Waals surface area contributed by atoms with Gasteiger partial charge in [0.05, 0.1) is 0 Å². The van der Waals surface area contributed by atoms with E-state index in [0.717, 1.165) is 11.6 Å². The van der Waals surface area contributed by atoms with Gasteiger partial charge in [0.25, 0.3) is 0 Å². The zero-order valence-corrected chi connectivity index (χ0v) is 10.3. The lowest BCUT2D eigenvalue weighted by molar-refractivity contribution is 0.100. The van der Waals surface area contributed by atoms with Gasteiger partial charge in [0.15, 0.2) is 0 Å². The summed E-state index contributed by atoms with van der Waals surface area (Å²) in [6.45, 7) is 2.26. The molecule has 92 valence electrons. The van der Waals surface area contributed by atoms with Gasteiger partial charge in [0.1, 0.15) is 0 Å². The van der Waals surface area contributed by atoms with E-state index in [9.17, 15) is 4.79 Å². The first kappa shape index (κ1) is 12.0. The average Bonchev–Trinajstić information content (AvgIpc) is 2.77. The first-order valence-electron chi connectivity index (χ1n) is 6.35. The number of benzene rings is 1. The van der Waals surface area contributed by atoms with E-state index in [2.05, 4.69) is 12.2 Å². The minimum Gasteiger partial charge on any atom is -0.382 e. The molecule has 1 amide bonds. The van der Waals surface area contributed by atoms with E-state index in [1.807, 2.05) is 12.1 Å². The SMILES string of the molecule is CCC1CCC(Nc2ccc(C(N)=O)cc2)C1. The Morgan fingerprint density at radius 1 is 1.35 bits per heavy atom. The second-order valence-corrected chi connectivity index (χ2v) is 4.87. The third kappa shape index (κ3) is 2.99. The van der Waals surface area contributed by atoms with Crippen molar-refractivity contribution in [3.8, 4) is 0 Å². The average molecular weight is 232 g/mol. The number of primary amides is 1.